The number of hydrogen-bond acceptors (Lipinski definition) is 8. The van der Waals surface area contributed by atoms with Crippen LogP contribution in [0.4, 0.5) is 23.5 Å². The van der Waals surface area contributed by atoms with Gasteiger partial charge in [0.25, 0.3) is 5.56 Å². The largest absolute Gasteiger partial charge is 0.511 e. The third kappa shape index (κ3) is 5.94. The van der Waals surface area contributed by atoms with E-state index in [9.17, 15) is 30.8 Å². The van der Waals surface area contributed by atoms with Crippen LogP contribution in [0.5, 0.6) is 17.2 Å². The Hall–Kier alpha value is -3.17. The number of aromatic nitrogens is 3. The molecule has 0 spiro atoms. The first-order chi connectivity index (χ1) is 17.4. The lowest BCUT2D eigenvalue weighted by atomic mass is 10.1. The number of nitrogens with one attached hydrogen (secondary N) is 1. The number of anilines is 1. The molecule has 4 rings (SSSR count). The van der Waals surface area contributed by atoms with Crippen LogP contribution in [0, 0.1) is 5.82 Å². The summed E-state index contributed by atoms with van der Waals surface area (Å²) in [5.41, 5.74) is -5.62. The summed E-state index contributed by atoms with van der Waals surface area (Å²) < 4.78 is 87.8. The van der Waals surface area contributed by atoms with E-state index >= 15 is 0 Å². The molecule has 0 saturated carbocycles. The third-order valence-electron chi connectivity index (χ3n) is 5.76. The fourth-order valence-corrected chi connectivity index (χ4v) is 4.87. The molecule has 0 aliphatic carbocycles. The molecule has 3 heterocycles. The SMILES string of the molecule is CCOc1cc(F)ccc1Oc1cc2cnc(NC3CCN(S(=O)(=O)C(F)(F)F)CC3)nc2n(C)c1=O.Cl. The van der Waals surface area contributed by atoms with Gasteiger partial charge in [-0.2, -0.15) is 22.5 Å². The van der Waals surface area contributed by atoms with Gasteiger partial charge in [0, 0.05) is 43.8 Å². The summed E-state index contributed by atoms with van der Waals surface area (Å²) in [6.07, 6.45) is 1.67. The lowest BCUT2D eigenvalue weighted by molar-refractivity contribution is -0.0494. The second-order valence-electron chi connectivity index (χ2n) is 8.24. The molecule has 1 aliphatic heterocycles. The molecule has 0 atom stereocenters. The number of alkyl halides is 3. The molecule has 0 unspecified atom stereocenters. The zero-order valence-electron chi connectivity index (χ0n) is 20.2. The average Bonchev–Trinajstić information content (AvgIpc) is 2.84. The molecule has 1 fully saturated rings. The minimum absolute atomic E-state index is 0. The van der Waals surface area contributed by atoms with Gasteiger partial charge in [0.05, 0.1) is 6.61 Å². The van der Waals surface area contributed by atoms with Crippen molar-refractivity contribution in [1.82, 2.24) is 18.8 Å². The van der Waals surface area contributed by atoms with Crippen LogP contribution < -0.4 is 20.3 Å². The van der Waals surface area contributed by atoms with Crippen molar-refractivity contribution in [2.45, 2.75) is 31.3 Å². The number of sulfonamides is 1. The van der Waals surface area contributed by atoms with Crippen molar-refractivity contribution in [3.05, 3.63) is 46.6 Å². The number of halogens is 5. The average molecular weight is 582 g/mol. The Morgan fingerprint density at radius 2 is 1.82 bits per heavy atom. The normalized spacial score (nSPS) is 15.2. The van der Waals surface area contributed by atoms with Crippen molar-refractivity contribution >= 4 is 39.4 Å². The maximum atomic E-state index is 13.6. The molecule has 16 heteroatoms. The van der Waals surface area contributed by atoms with Gasteiger partial charge < -0.3 is 14.8 Å². The number of piperidine rings is 1. The number of hydrogen-bond donors (Lipinski definition) is 1. The van der Waals surface area contributed by atoms with Gasteiger partial charge in [0.2, 0.25) is 5.95 Å². The first kappa shape index (κ1) is 29.4. The van der Waals surface area contributed by atoms with Gasteiger partial charge in [-0.15, -0.1) is 12.4 Å². The van der Waals surface area contributed by atoms with Crippen LogP contribution >= 0.6 is 12.4 Å². The number of rotatable bonds is 7. The summed E-state index contributed by atoms with van der Waals surface area (Å²) in [5.74, 6) is -0.175. The summed E-state index contributed by atoms with van der Waals surface area (Å²) in [4.78, 5) is 21.5. The van der Waals surface area contributed by atoms with E-state index in [4.69, 9.17) is 9.47 Å². The fourth-order valence-electron chi connectivity index (χ4n) is 3.88. The molecule has 208 valence electrons. The van der Waals surface area contributed by atoms with Gasteiger partial charge in [-0.3, -0.25) is 9.36 Å². The Bertz CT molecular complexity index is 1480. The number of pyridine rings is 1. The molecule has 38 heavy (non-hydrogen) atoms. The zero-order chi connectivity index (χ0) is 27.0. The predicted octanol–water partition coefficient (Wildman–Crippen LogP) is 3.81. The molecule has 1 aromatic carbocycles. The number of nitrogens with zero attached hydrogens (tertiary/aromatic N) is 4. The first-order valence-corrected chi connectivity index (χ1v) is 12.6. The summed E-state index contributed by atoms with van der Waals surface area (Å²) in [6.45, 7) is 1.37. The highest BCUT2D eigenvalue weighted by molar-refractivity contribution is 7.90. The van der Waals surface area contributed by atoms with Crippen molar-refractivity contribution in [3.63, 3.8) is 0 Å². The van der Waals surface area contributed by atoms with E-state index in [2.05, 4.69) is 15.3 Å². The highest BCUT2D eigenvalue weighted by atomic mass is 35.5. The van der Waals surface area contributed by atoms with Gasteiger partial charge in [0.1, 0.15) is 11.5 Å². The van der Waals surface area contributed by atoms with E-state index in [1.165, 1.54) is 36.0 Å². The van der Waals surface area contributed by atoms with Crippen molar-refractivity contribution in [3.8, 4) is 17.2 Å². The second kappa shape index (κ2) is 11.3. The fraction of sp³-hybridized carbons (Fsp3) is 0.409. The molecule has 10 nitrogen and oxygen atoms in total. The number of aryl methyl sites for hydroxylation is 1. The number of fused-ring (bicyclic) bond motifs is 1. The molecule has 2 aromatic heterocycles. The molecule has 0 radical (unpaired) electrons. The number of benzene rings is 1. The highest BCUT2D eigenvalue weighted by Gasteiger charge is 2.50. The van der Waals surface area contributed by atoms with Crippen LogP contribution in [-0.2, 0) is 17.1 Å². The molecule has 0 bridgehead atoms. The van der Waals surface area contributed by atoms with Gasteiger partial charge in [0.15, 0.2) is 17.2 Å². The third-order valence-corrected chi connectivity index (χ3v) is 7.39. The Kier molecular flexibility index (Phi) is 8.73. The molecule has 1 N–H and O–H groups in total. The first-order valence-electron chi connectivity index (χ1n) is 11.2. The smallest absolute Gasteiger partial charge is 0.490 e. The number of ether oxygens (including phenoxy) is 2. The lowest BCUT2D eigenvalue weighted by Gasteiger charge is -2.31. The monoisotopic (exact) mass is 581 g/mol. The Balaban J connectivity index is 0.00000400. The summed E-state index contributed by atoms with van der Waals surface area (Å²) in [6, 6.07) is 4.73. The van der Waals surface area contributed by atoms with E-state index in [0.717, 1.165) is 6.07 Å². The van der Waals surface area contributed by atoms with E-state index in [1.807, 2.05) is 0 Å². The Morgan fingerprint density at radius 1 is 1.13 bits per heavy atom. The molecular formula is C22H24ClF4N5O5S. The van der Waals surface area contributed by atoms with Crippen LogP contribution in [0.25, 0.3) is 11.0 Å². The van der Waals surface area contributed by atoms with E-state index in [0.29, 0.717) is 9.69 Å². The summed E-state index contributed by atoms with van der Waals surface area (Å²) in [7, 11) is -3.90. The van der Waals surface area contributed by atoms with Crippen molar-refractivity contribution in [1.29, 1.82) is 0 Å². The molecule has 0 amide bonds. The maximum Gasteiger partial charge on any atom is 0.511 e. The van der Waals surface area contributed by atoms with Gasteiger partial charge in [-0.25, -0.2) is 17.8 Å². The van der Waals surface area contributed by atoms with Gasteiger partial charge in [-0.05, 0) is 38.0 Å². The van der Waals surface area contributed by atoms with Crippen LogP contribution in [-0.4, -0.2) is 58.5 Å². The lowest BCUT2D eigenvalue weighted by Crippen LogP contribution is -2.47. The minimum Gasteiger partial charge on any atom is -0.490 e. The molecular weight excluding hydrogens is 558 g/mol. The molecule has 1 aliphatic rings. The minimum atomic E-state index is -5.37. The maximum absolute atomic E-state index is 13.6. The molecule has 1 saturated heterocycles. The quantitative estimate of drug-likeness (QED) is 0.419. The topological polar surface area (TPSA) is 116 Å². The van der Waals surface area contributed by atoms with Gasteiger partial charge >= 0.3 is 15.5 Å². The second-order valence-corrected chi connectivity index (χ2v) is 10.2. The Labute approximate surface area is 221 Å². The standard InChI is InChI=1S/C22H23F4N5O5S.ClH/c1-3-35-17-11-14(23)4-5-16(17)36-18-10-13-12-27-21(29-19(13)30(2)20(18)32)28-15-6-8-31(9-7-15)37(33,34)22(24,25)26;/h4-5,10-12,15H,3,6-9H2,1-2H3,(H,27,28,29);1H. The summed E-state index contributed by atoms with van der Waals surface area (Å²) in [5, 5.41) is 3.44. The van der Waals surface area contributed by atoms with Crippen molar-refractivity contribution in [2.75, 3.05) is 25.0 Å². The van der Waals surface area contributed by atoms with Crippen molar-refractivity contribution in [2.24, 2.45) is 7.05 Å². The van der Waals surface area contributed by atoms with E-state index < -0.39 is 26.9 Å². The van der Waals surface area contributed by atoms with Crippen LogP contribution in [0.1, 0.15) is 19.8 Å². The van der Waals surface area contributed by atoms with E-state index in [1.54, 1.807) is 6.92 Å². The van der Waals surface area contributed by atoms with E-state index in [-0.39, 0.29) is 79.8 Å². The Morgan fingerprint density at radius 3 is 2.45 bits per heavy atom. The summed E-state index contributed by atoms with van der Waals surface area (Å²) >= 11 is 0. The highest BCUT2D eigenvalue weighted by Crippen LogP contribution is 2.32. The van der Waals surface area contributed by atoms with Gasteiger partial charge in [-0.1, -0.05) is 0 Å². The van der Waals surface area contributed by atoms with Crippen LogP contribution in [0.3, 0.4) is 0 Å². The zero-order valence-corrected chi connectivity index (χ0v) is 21.8. The van der Waals surface area contributed by atoms with Crippen LogP contribution in [0.2, 0.25) is 0 Å². The van der Waals surface area contributed by atoms with Crippen LogP contribution in [0.15, 0.2) is 35.3 Å². The molecule has 3 aromatic rings. The van der Waals surface area contributed by atoms with Crippen molar-refractivity contribution < 1.29 is 35.5 Å². The predicted molar refractivity (Wildman–Crippen MR) is 133 cm³/mol.